The van der Waals surface area contributed by atoms with Crippen LogP contribution in [0.3, 0.4) is 0 Å². The summed E-state index contributed by atoms with van der Waals surface area (Å²) >= 11 is 0. The van der Waals surface area contributed by atoms with E-state index in [0.717, 1.165) is 24.2 Å². The summed E-state index contributed by atoms with van der Waals surface area (Å²) in [5.74, 6) is 1.01. The quantitative estimate of drug-likeness (QED) is 0.685. The van der Waals surface area contributed by atoms with E-state index in [0.29, 0.717) is 6.10 Å². The van der Waals surface area contributed by atoms with Crippen molar-refractivity contribution in [1.29, 1.82) is 0 Å². The molecule has 0 amide bonds. The Morgan fingerprint density at radius 3 is 3.00 bits per heavy atom. The third-order valence-corrected chi connectivity index (χ3v) is 3.15. The minimum absolute atomic E-state index is 0.0917. The maximum absolute atomic E-state index is 11.2. The molecule has 1 aromatic rings. The number of unbranched alkanes of at least 4 members (excludes halogenated alkanes) is 3. The molecule has 0 aliphatic carbocycles. The van der Waals surface area contributed by atoms with E-state index in [1.54, 1.807) is 12.1 Å². The van der Waals surface area contributed by atoms with Gasteiger partial charge in [0.2, 0.25) is 0 Å². The Bertz CT molecular complexity index is 347. The van der Waals surface area contributed by atoms with Crippen LogP contribution in [0.2, 0.25) is 0 Å². The van der Waals surface area contributed by atoms with Gasteiger partial charge in [-0.05, 0) is 31.0 Å². The average Bonchev–Trinajstić information content (AvgIpc) is 2.66. The van der Waals surface area contributed by atoms with E-state index in [1.165, 1.54) is 25.7 Å². The lowest BCUT2D eigenvalue weighted by Gasteiger charge is -2.09. The van der Waals surface area contributed by atoms with Gasteiger partial charge in [-0.2, -0.15) is 0 Å². The average molecular weight is 219 g/mol. The molecule has 1 atom stereocenters. The minimum Gasteiger partial charge on any atom is -0.490 e. The van der Waals surface area contributed by atoms with Crippen LogP contribution in [0.1, 0.15) is 44.6 Å². The normalized spacial score (nSPS) is 18.2. The second-order valence-electron chi connectivity index (χ2n) is 4.56. The molecule has 87 valence electrons. The molecule has 0 fully saturated rings. The van der Waals surface area contributed by atoms with Crippen LogP contribution < -0.4 is 4.74 Å². The molecule has 0 saturated carbocycles. The molecule has 2 heteroatoms. The van der Waals surface area contributed by atoms with E-state index in [9.17, 15) is 5.11 Å². The van der Waals surface area contributed by atoms with E-state index in [1.807, 2.05) is 6.07 Å². The number of ether oxygens (including phenoxy) is 1. The van der Waals surface area contributed by atoms with Crippen molar-refractivity contribution in [3.63, 3.8) is 0 Å². The number of fused-ring (bicyclic) bond motifs is 1. The number of benzene rings is 1. The number of hydrogen-bond donors (Lipinski definition) is 0. The molecule has 2 rings (SSSR count). The van der Waals surface area contributed by atoms with Crippen LogP contribution in [0.25, 0.3) is 0 Å². The van der Waals surface area contributed by atoms with E-state index in [4.69, 9.17) is 4.74 Å². The van der Waals surface area contributed by atoms with Crippen molar-refractivity contribution in [2.24, 2.45) is 0 Å². The molecular formula is C14H19O2. The van der Waals surface area contributed by atoms with Gasteiger partial charge in [0, 0.05) is 12.0 Å². The predicted octanol–water partition coefficient (Wildman–Crippen LogP) is 4.10. The zero-order valence-electron chi connectivity index (χ0n) is 9.87. The standard InChI is InChI=1S/C14H19O2/c1-2-3-4-5-6-13-10-11-9-12(15)7-8-14(11)16-13/h7-9,13H,2-6,10H2,1H3. The summed E-state index contributed by atoms with van der Waals surface area (Å²) in [6.45, 7) is 2.22. The van der Waals surface area contributed by atoms with Gasteiger partial charge in [-0.15, -0.1) is 0 Å². The highest BCUT2D eigenvalue weighted by Gasteiger charge is 2.22. The molecule has 0 saturated heterocycles. The summed E-state index contributed by atoms with van der Waals surface area (Å²) in [5, 5.41) is 11.2. The third-order valence-electron chi connectivity index (χ3n) is 3.15. The second-order valence-corrected chi connectivity index (χ2v) is 4.56. The van der Waals surface area contributed by atoms with Crippen molar-refractivity contribution in [1.82, 2.24) is 0 Å². The zero-order chi connectivity index (χ0) is 11.4. The molecule has 1 unspecified atom stereocenters. The third kappa shape index (κ3) is 2.69. The fourth-order valence-corrected chi connectivity index (χ4v) is 2.26. The Hall–Kier alpha value is -1.18. The SMILES string of the molecule is CCCCCCC1Cc2cc([O])ccc2O1. The van der Waals surface area contributed by atoms with Crippen LogP contribution in [-0.4, -0.2) is 6.10 Å². The molecule has 16 heavy (non-hydrogen) atoms. The zero-order valence-corrected chi connectivity index (χ0v) is 9.87. The maximum Gasteiger partial charge on any atom is 0.179 e. The van der Waals surface area contributed by atoms with Gasteiger partial charge in [-0.3, -0.25) is 5.11 Å². The Balaban J connectivity index is 1.81. The summed E-state index contributed by atoms with van der Waals surface area (Å²) in [6, 6.07) is 5.10. The molecule has 1 heterocycles. The van der Waals surface area contributed by atoms with Crippen molar-refractivity contribution in [3.8, 4) is 11.5 Å². The Morgan fingerprint density at radius 1 is 1.31 bits per heavy atom. The molecule has 0 spiro atoms. The van der Waals surface area contributed by atoms with Crippen molar-refractivity contribution in [2.75, 3.05) is 0 Å². The van der Waals surface area contributed by atoms with Crippen molar-refractivity contribution in [2.45, 2.75) is 51.6 Å². The van der Waals surface area contributed by atoms with Gasteiger partial charge < -0.3 is 4.74 Å². The highest BCUT2D eigenvalue weighted by Crippen LogP contribution is 2.33. The van der Waals surface area contributed by atoms with Crippen LogP contribution in [0.15, 0.2) is 18.2 Å². The van der Waals surface area contributed by atoms with Gasteiger partial charge in [0.25, 0.3) is 0 Å². The molecule has 2 nitrogen and oxygen atoms in total. The van der Waals surface area contributed by atoms with Gasteiger partial charge in [0.15, 0.2) is 5.75 Å². The molecule has 1 aliphatic rings. The molecule has 0 bridgehead atoms. The highest BCUT2D eigenvalue weighted by atomic mass is 16.5. The lowest BCUT2D eigenvalue weighted by atomic mass is 10.0. The summed E-state index contributed by atoms with van der Waals surface area (Å²) in [5.41, 5.74) is 1.09. The molecule has 1 radical (unpaired) electrons. The molecule has 1 aromatic carbocycles. The first kappa shape index (κ1) is 11.3. The highest BCUT2D eigenvalue weighted by molar-refractivity contribution is 5.42. The Labute approximate surface area is 97.3 Å². The van der Waals surface area contributed by atoms with Gasteiger partial charge in [0.1, 0.15) is 11.9 Å². The smallest absolute Gasteiger partial charge is 0.179 e. The second kappa shape index (κ2) is 5.24. The van der Waals surface area contributed by atoms with Gasteiger partial charge in [-0.1, -0.05) is 26.2 Å². The summed E-state index contributed by atoms with van der Waals surface area (Å²) in [7, 11) is 0. The first-order valence-electron chi connectivity index (χ1n) is 6.26. The fourth-order valence-electron chi connectivity index (χ4n) is 2.26. The minimum atomic E-state index is 0.0917. The molecule has 0 N–H and O–H groups in total. The molecular weight excluding hydrogens is 200 g/mol. The fraction of sp³-hybridized carbons (Fsp3) is 0.571. The largest absolute Gasteiger partial charge is 0.490 e. The number of hydrogen-bond acceptors (Lipinski definition) is 1. The molecule has 1 aliphatic heterocycles. The van der Waals surface area contributed by atoms with Crippen LogP contribution in [0.5, 0.6) is 11.5 Å². The van der Waals surface area contributed by atoms with Crippen molar-refractivity contribution < 1.29 is 9.84 Å². The van der Waals surface area contributed by atoms with Crippen LogP contribution in [-0.2, 0) is 11.5 Å². The van der Waals surface area contributed by atoms with Crippen molar-refractivity contribution >= 4 is 0 Å². The topological polar surface area (TPSA) is 29.1 Å². The van der Waals surface area contributed by atoms with Crippen LogP contribution in [0.4, 0.5) is 0 Å². The van der Waals surface area contributed by atoms with E-state index < -0.39 is 0 Å². The molecule has 0 aromatic heterocycles. The van der Waals surface area contributed by atoms with E-state index in [2.05, 4.69) is 6.92 Å². The Morgan fingerprint density at radius 2 is 2.19 bits per heavy atom. The first-order chi connectivity index (χ1) is 7.79. The van der Waals surface area contributed by atoms with Gasteiger partial charge in [0.05, 0.1) is 0 Å². The summed E-state index contributed by atoms with van der Waals surface area (Å²) in [6.07, 6.45) is 7.43. The predicted molar refractivity (Wildman–Crippen MR) is 63.5 cm³/mol. The Kier molecular flexibility index (Phi) is 3.70. The van der Waals surface area contributed by atoms with Crippen LogP contribution in [0, 0.1) is 0 Å². The first-order valence-corrected chi connectivity index (χ1v) is 6.26. The van der Waals surface area contributed by atoms with E-state index >= 15 is 0 Å². The van der Waals surface area contributed by atoms with Gasteiger partial charge >= 0.3 is 0 Å². The maximum atomic E-state index is 11.2. The van der Waals surface area contributed by atoms with Crippen LogP contribution >= 0.6 is 0 Å². The lowest BCUT2D eigenvalue weighted by Crippen LogP contribution is -2.12. The van der Waals surface area contributed by atoms with Gasteiger partial charge in [-0.25, -0.2) is 0 Å². The lowest BCUT2D eigenvalue weighted by molar-refractivity contribution is 0.216. The van der Waals surface area contributed by atoms with Crippen molar-refractivity contribution in [3.05, 3.63) is 23.8 Å². The summed E-state index contributed by atoms with van der Waals surface area (Å²) in [4.78, 5) is 0. The number of rotatable bonds is 5. The monoisotopic (exact) mass is 219 g/mol. The van der Waals surface area contributed by atoms with E-state index in [-0.39, 0.29) is 5.75 Å². The summed E-state index contributed by atoms with van der Waals surface area (Å²) < 4.78 is 5.80.